The van der Waals surface area contributed by atoms with E-state index in [2.05, 4.69) is 16.7 Å². The van der Waals surface area contributed by atoms with Gasteiger partial charge in [0.15, 0.2) is 0 Å². The van der Waals surface area contributed by atoms with Crippen molar-refractivity contribution < 1.29 is 4.79 Å². The van der Waals surface area contributed by atoms with Gasteiger partial charge < -0.3 is 5.32 Å². The molecule has 2 N–H and O–H groups in total. The maximum Gasteiger partial charge on any atom is 0.320 e. The van der Waals surface area contributed by atoms with Crippen molar-refractivity contribution in [3.8, 4) is 6.07 Å². The topological polar surface area (TPSA) is 64.9 Å². The first-order chi connectivity index (χ1) is 9.52. The Morgan fingerprint density at radius 2 is 2.20 bits per heavy atom. The van der Waals surface area contributed by atoms with Crippen molar-refractivity contribution in [1.82, 2.24) is 5.32 Å². The summed E-state index contributed by atoms with van der Waals surface area (Å²) in [5.74, 6) is 0. The lowest BCUT2D eigenvalue weighted by Gasteiger charge is -2.12. The van der Waals surface area contributed by atoms with Crippen molar-refractivity contribution in [3.63, 3.8) is 0 Å². The van der Waals surface area contributed by atoms with Gasteiger partial charge in [0.25, 0.3) is 0 Å². The highest BCUT2D eigenvalue weighted by Gasteiger charge is 2.16. The number of nitrogens with zero attached hydrogens (tertiary/aromatic N) is 1. The largest absolute Gasteiger partial charge is 0.331 e. The van der Waals surface area contributed by atoms with E-state index in [0.717, 1.165) is 15.3 Å². The third-order valence-electron chi connectivity index (χ3n) is 3.04. The number of carbonyl (C=O) groups is 1. The second-order valence-electron chi connectivity index (χ2n) is 4.43. The predicted octanol–water partition coefficient (Wildman–Crippen LogP) is 4.18. The molecule has 0 aromatic carbocycles. The minimum atomic E-state index is -0.288. The van der Waals surface area contributed by atoms with E-state index in [9.17, 15) is 4.79 Å². The van der Waals surface area contributed by atoms with Crippen LogP contribution in [0.5, 0.6) is 0 Å². The first kappa shape index (κ1) is 14.6. The van der Waals surface area contributed by atoms with Crippen LogP contribution in [0, 0.1) is 25.2 Å². The minimum absolute atomic E-state index is 0.0531. The molecule has 0 aliphatic carbocycles. The van der Waals surface area contributed by atoms with Crippen molar-refractivity contribution >= 4 is 33.7 Å². The summed E-state index contributed by atoms with van der Waals surface area (Å²) in [6.45, 7) is 5.77. The zero-order valence-corrected chi connectivity index (χ0v) is 13.1. The SMILES string of the molecule is Cc1sc(NC(=O)N[C@@H](C)c2cccs2)c(C#N)c1C. The molecule has 0 spiro atoms. The Labute approximate surface area is 126 Å². The van der Waals surface area contributed by atoms with Gasteiger partial charge >= 0.3 is 6.03 Å². The van der Waals surface area contributed by atoms with E-state index in [4.69, 9.17) is 5.26 Å². The monoisotopic (exact) mass is 305 g/mol. The second kappa shape index (κ2) is 6.07. The molecule has 104 valence electrons. The number of rotatable bonds is 3. The number of nitrogens with one attached hydrogen (secondary N) is 2. The molecule has 0 aliphatic rings. The molecule has 0 radical (unpaired) electrons. The number of anilines is 1. The highest BCUT2D eigenvalue weighted by molar-refractivity contribution is 7.16. The number of carbonyl (C=O) groups excluding carboxylic acids is 1. The molecule has 0 saturated carbocycles. The van der Waals surface area contributed by atoms with E-state index in [1.165, 1.54) is 11.3 Å². The Morgan fingerprint density at radius 3 is 2.80 bits per heavy atom. The third-order valence-corrected chi connectivity index (χ3v) is 5.22. The molecule has 2 amide bonds. The summed E-state index contributed by atoms with van der Waals surface area (Å²) in [5, 5.41) is 17.4. The molecular weight excluding hydrogens is 290 g/mol. The van der Waals surface area contributed by atoms with Gasteiger partial charge in [-0.05, 0) is 37.8 Å². The lowest BCUT2D eigenvalue weighted by molar-refractivity contribution is 0.249. The first-order valence-electron chi connectivity index (χ1n) is 6.14. The molecule has 2 heterocycles. The fourth-order valence-corrected chi connectivity index (χ4v) is 3.53. The van der Waals surface area contributed by atoms with Gasteiger partial charge in [0, 0.05) is 9.75 Å². The minimum Gasteiger partial charge on any atom is -0.331 e. The number of aryl methyl sites for hydroxylation is 1. The van der Waals surface area contributed by atoms with Crippen LogP contribution in [0.2, 0.25) is 0 Å². The molecule has 0 aliphatic heterocycles. The van der Waals surface area contributed by atoms with Crippen LogP contribution < -0.4 is 10.6 Å². The van der Waals surface area contributed by atoms with Gasteiger partial charge in [-0.2, -0.15) is 5.26 Å². The molecule has 4 nitrogen and oxygen atoms in total. The maximum atomic E-state index is 12.0. The summed E-state index contributed by atoms with van der Waals surface area (Å²) < 4.78 is 0. The van der Waals surface area contributed by atoms with E-state index in [-0.39, 0.29) is 12.1 Å². The standard InChI is InChI=1S/C14H15N3OS2/c1-8-10(3)20-13(11(8)7-15)17-14(18)16-9(2)12-5-4-6-19-12/h4-6,9H,1-3H3,(H2,16,17,18)/t9-/m0/s1. The van der Waals surface area contributed by atoms with Crippen LogP contribution in [0.4, 0.5) is 9.80 Å². The average Bonchev–Trinajstić information content (AvgIpc) is 2.99. The number of hydrogen-bond acceptors (Lipinski definition) is 4. The molecule has 0 fully saturated rings. The fourth-order valence-electron chi connectivity index (χ4n) is 1.79. The number of urea groups is 1. The summed E-state index contributed by atoms with van der Waals surface area (Å²) in [7, 11) is 0. The van der Waals surface area contributed by atoms with Crippen LogP contribution >= 0.6 is 22.7 Å². The van der Waals surface area contributed by atoms with Crippen molar-refractivity contribution in [2.45, 2.75) is 26.8 Å². The Balaban J connectivity index is 2.06. The number of hydrogen-bond donors (Lipinski definition) is 2. The van der Waals surface area contributed by atoms with E-state index in [1.807, 2.05) is 38.3 Å². The lowest BCUT2D eigenvalue weighted by atomic mass is 10.2. The van der Waals surface area contributed by atoms with Gasteiger partial charge in [-0.3, -0.25) is 5.32 Å². The fraction of sp³-hybridized carbons (Fsp3) is 0.286. The molecule has 0 bridgehead atoms. The zero-order valence-electron chi connectivity index (χ0n) is 11.5. The molecule has 2 aromatic heterocycles. The Kier molecular flexibility index (Phi) is 4.42. The van der Waals surface area contributed by atoms with Crippen LogP contribution in [0.25, 0.3) is 0 Å². The first-order valence-corrected chi connectivity index (χ1v) is 7.83. The Hall–Kier alpha value is -1.84. The van der Waals surface area contributed by atoms with E-state index in [0.29, 0.717) is 10.6 Å². The summed E-state index contributed by atoms with van der Waals surface area (Å²) >= 11 is 3.03. The van der Waals surface area contributed by atoms with Gasteiger partial charge in [0.1, 0.15) is 11.1 Å². The van der Waals surface area contributed by atoms with Crippen molar-refractivity contribution in [3.05, 3.63) is 38.4 Å². The molecule has 0 saturated heterocycles. The van der Waals surface area contributed by atoms with Gasteiger partial charge in [-0.15, -0.1) is 22.7 Å². The third kappa shape index (κ3) is 3.00. The Morgan fingerprint density at radius 1 is 1.45 bits per heavy atom. The number of nitriles is 1. The highest BCUT2D eigenvalue weighted by atomic mass is 32.1. The summed E-state index contributed by atoms with van der Waals surface area (Å²) in [4.78, 5) is 14.1. The number of amides is 2. The van der Waals surface area contributed by atoms with Crippen LogP contribution in [0.1, 0.15) is 33.8 Å². The predicted molar refractivity (Wildman–Crippen MR) is 83.4 cm³/mol. The molecular formula is C14H15N3OS2. The van der Waals surface area contributed by atoms with Gasteiger partial charge in [0.05, 0.1) is 11.6 Å². The van der Waals surface area contributed by atoms with E-state index in [1.54, 1.807) is 11.3 Å². The lowest BCUT2D eigenvalue weighted by Crippen LogP contribution is -2.30. The molecule has 20 heavy (non-hydrogen) atoms. The van der Waals surface area contributed by atoms with Crippen molar-refractivity contribution in [1.29, 1.82) is 5.26 Å². The Bertz CT molecular complexity index is 653. The zero-order chi connectivity index (χ0) is 14.7. The summed E-state index contributed by atoms with van der Waals surface area (Å²) in [6, 6.07) is 5.74. The van der Waals surface area contributed by atoms with E-state index >= 15 is 0 Å². The summed E-state index contributed by atoms with van der Waals surface area (Å²) in [6.07, 6.45) is 0. The average molecular weight is 305 g/mol. The van der Waals surface area contributed by atoms with Crippen LogP contribution in [0.3, 0.4) is 0 Å². The van der Waals surface area contributed by atoms with Crippen molar-refractivity contribution in [2.24, 2.45) is 0 Å². The highest BCUT2D eigenvalue weighted by Crippen LogP contribution is 2.31. The molecule has 1 atom stereocenters. The normalized spacial score (nSPS) is 11.7. The molecule has 2 rings (SSSR count). The quantitative estimate of drug-likeness (QED) is 0.893. The van der Waals surface area contributed by atoms with Gasteiger partial charge in [0.2, 0.25) is 0 Å². The van der Waals surface area contributed by atoms with Crippen LogP contribution in [-0.2, 0) is 0 Å². The molecule has 0 unspecified atom stereocenters. The van der Waals surface area contributed by atoms with Gasteiger partial charge in [-0.25, -0.2) is 4.79 Å². The van der Waals surface area contributed by atoms with Crippen LogP contribution in [0.15, 0.2) is 17.5 Å². The maximum absolute atomic E-state index is 12.0. The van der Waals surface area contributed by atoms with Crippen molar-refractivity contribution in [2.75, 3.05) is 5.32 Å². The van der Waals surface area contributed by atoms with Gasteiger partial charge in [-0.1, -0.05) is 6.07 Å². The number of thiophene rings is 2. The summed E-state index contributed by atoms with van der Waals surface area (Å²) in [5.41, 5.74) is 1.48. The molecule has 6 heteroatoms. The second-order valence-corrected chi connectivity index (χ2v) is 6.64. The smallest absolute Gasteiger partial charge is 0.320 e. The van der Waals surface area contributed by atoms with Crippen LogP contribution in [-0.4, -0.2) is 6.03 Å². The van der Waals surface area contributed by atoms with E-state index < -0.39 is 0 Å². The molecule has 2 aromatic rings.